The number of anilines is 1. The van der Waals surface area contributed by atoms with E-state index in [1.165, 1.54) is 0 Å². The number of aromatic nitrogens is 2. The van der Waals surface area contributed by atoms with E-state index in [0.29, 0.717) is 30.2 Å². The summed E-state index contributed by atoms with van der Waals surface area (Å²) in [6.45, 7) is 4.24. The molecule has 1 rings (SSSR count). The third-order valence-corrected chi connectivity index (χ3v) is 2.06. The minimum absolute atomic E-state index is 0.365. The van der Waals surface area contributed by atoms with E-state index in [-0.39, 0.29) is 0 Å². The normalized spacial score (nSPS) is 12.8. The van der Waals surface area contributed by atoms with Crippen LogP contribution in [0.25, 0.3) is 0 Å². The predicted octanol–water partition coefficient (Wildman–Crippen LogP) is 2.45. The molecule has 1 aromatic heterocycles. The van der Waals surface area contributed by atoms with Crippen LogP contribution >= 0.6 is 11.6 Å². The minimum Gasteiger partial charge on any atom is -0.408 e. The minimum atomic E-state index is 0.365. The predicted molar refractivity (Wildman–Crippen MR) is 56.7 cm³/mol. The van der Waals surface area contributed by atoms with Gasteiger partial charge in [0.05, 0.1) is 0 Å². The smallest absolute Gasteiger partial charge is 0.315 e. The first-order chi connectivity index (χ1) is 6.76. The average molecular weight is 218 g/mol. The van der Waals surface area contributed by atoms with Crippen LogP contribution in [0.4, 0.5) is 6.01 Å². The maximum absolute atomic E-state index is 5.55. The number of nitrogens with zero attached hydrogens (tertiary/aromatic N) is 2. The Bertz CT molecular complexity index is 264. The van der Waals surface area contributed by atoms with Crippen LogP contribution in [0, 0.1) is 0 Å². The van der Waals surface area contributed by atoms with Crippen LogP contribution in [0.2, 0.25) is 0 Å². The summed E-state index contributed by atoms with van der Waals surface area (Å²) in [5.41, 5.74) is 0. The van der Waals surface area contributed by atoms with Gasteiger partial charge < -0.3 is 9.73 Å². The summed E-state index contributed by atoms with van der Waals surface area (Å²) < 4.78 is 5.32. The Balaban J connectivity index is 2.42. The SMILES string of the molecule is CCCC(C)Nc1nnc(CCCl)o1. The molecule has 1 heterocycles. The van der Waals surface area contributed by atoms with Gasteiger partial charge in [-0.25, -0.2) is 0 Å². The molecule has 1 atom stereocenters. The van der Waals surface area contributed by atoms with Crippen molar-refractivity contribution in [3.8, 4) is 0 Å². The molecule has 1 unspecified atom stereocenters. The zero-order valence-corrected chi connectivity index (χ0v) is 9.34. The van der Waals surface area contributed by atoms with Gasteiger partial charge in [-0.1, -0.05) is 18.4 Å². The molecule has 0 aliphatic carbocycles. The molecule has 0 bridgehead atoms. The van der Waals surface area contributed by atoms with Crippen LogP contribution in [0.1, 0.15) is 32.6 Å². The van der Waals surface area contributed by atoms with Gasteiger partial charge in [0, 0.05) is 18.3 Å². The lowest BCUT2D eigenvalue weighted by Crippen LogP contribution is -2.14. The van der Waals surface area contributed by atoms with Gasteiger partial charge in [0.1, 0.15) is 0 Å². The number of hydrogen-bond acceptors (Lipinski definition) is 4. The highest BCUT2D eigenvalue weighted by Gasteiger charge is 2.07. The lowest BCUT2D eigenvalue weighted by Gasteiger charge is -2.08. The van der Waals surface area contributed by atoms with Crippen LogP contribution in [0.15, 0.2) is 4.42 Å². The first-order valence-electron chi connectivity index (χ1n) is 4.91. The third kappa shape index (κ3) is 3.54. The number of alkyl halides is 1. The van der Waals surface area contributed by atoms with Gasteiger partial charge in [-0.2, -0.15) is 0 Å². The van der Waals surface area contributed by atoms with E-state index in [0.717, 1.165) is 12.8 Å². The fourth-order valence-electron chi connectivity index (χ4n) is 1.21. The molecular formula is C9H16ClN3O. The molecule has 0 amide bonds. The first-order valence-corrected chi connectivity index (χ1v) is 5.44. The fourth-order valence-corrected chi connectivity index (χ4v) is 1.37. The fraction of sp³-hybridized carbons (Fsp3) is 0.778. The van der Waals surface area contributed by atoms with Crippen LogP contribution < -0.4 is 5.32 Å². The van der Waals surface area contributed by atoms with Crippen molar-refractivity contribution in [1.82, 2.24) is 10.2 Å². The van der Waals surface area contributed by atoms with Crippen molar-refractivity contribution in [3.63, 3.8) is 0 Å². The van der Waals surface area contributed by atoms with Crippen LogP contribution in [0.5, 0.6) is 0 Å². The molecule has 0 saturated carbocycles. The lowest BCUT2D eigenvalue weighted by molar-refractivity contribution is 0.503. The second-order valence-electron chi connectivity index (χ2n) is 3.27. The summed E-state index contributed by atoms with van der Waals surface area (Å²) >= 11 is 5.55. The van der Waals surface area contributed by atoms with Crippen LogP contribution in [-0.2, 0) is 6.42 Å². The maximum atomic E-state index is 5.55. The van der Waals surface area contributed by atoms with Crippen molar-refractivity contribution in [1.29, 1.82) is 0 Å². The molecule has 0 fully saturated rings. The molecule has 4 nitrogen and oxygen atoms in total. The van der Waals surface area contributed by atoms with E-state index in [1.807, 2.05) is 0 Å². The Morgan fingerprint density at radius 1 is 1.50 bits per heavy atom. The maximum Gasteiger partial charge on any atom is 0.315 e. The molecule has 80 valence electrons. The monoisotopic (exact) mass is 217 g/mol. The molecule has 0 radical (unpaired) electrons. The highest BCUT2D eigenvalue weighted by atomic mass is 35.5. The van der Waals surface area contributed by atoms with Gasteiger partial charge in [0.15, 0.2) is 0 Å². The Morgan fingerprint density at radius 2 is 2.29 bits per heavy atom. The summed E-state index contributed by atoms with van der Waals surface area (Å²) in [6.07, 6.45) is 2.85. The van der Waals surface area contributed by atoms with E-state index in [1.54, 1.807) is 0 Å². The van der Waals surface area contributed by atoms with Crippen molar-refractivity contribution >= 4 is 17.6 Å². The van der Waals surface area contributed by atoms with Gasteiger partial charge in [0.2, 0.25) is 5.89 Å². The van der Waals surface area contributed by atoms with Gasteiger partial charge in [-0.05, 0) is 13.3 Å². The largest absolute Gasteiger partial charge is 0.408 e. The zero-order valence-electron chi connectivity index (χ0n) is 8.59. The molecule has 0 aromatic carbocycles. The molecule has 0 aliphatic heterocycles. The van der Waals surface area contributed by atoms with Crippen molar-refractivity contribution in [2.45, 2.75) is 39.2 Å². The van der Waals surface area contributed by atoms with E-state index >= 15 is 0 Å². The first kappa shape index (κ1) is 11.3. The van der Waals surface area contributed by atoms with Gasteiger partial charge >= 0.3 is 6.01 Å². The molecule has 14 heavy (non-hydrogen) atoms. The number of nitrogens with one attached hydrogen (secondary N) is 1. The lowest BCUT2D eigenvalue weighted by atomic mass is 10.2. The quantitative estimate of drug-likeness (QED) is 0.744. The second-order valence-corrected chi connectivity index (χ2v) is 3.65. The van der Waals surface area contributed by atoms with Crippen molar-refractivity contribution in [2.24, 2.45) is 0 Å². The molecule has 0 spiro atoms. The molecular weight excluding hydrogens is 202 g/mol. The highest BCUT2D eigenvalue weighted by molar-refractivity contribution is 6.17. The molecule has 1 N–H and O–H groups in total. The van der Waals surface area contributed by atoms with E-state index < -0.39 is 0 Å². The molecule has 5 heteroatoms. The molecule has 0 saturated heterocycles. The Labute approximate surface area is 89.0 Å². The Kier molecular flexibility index (Phi) is 4.73. The summed E-state index contributed by atoms with van der Waals surface area (Å²) in [7, 11) is 0. The number of halogens is 1. The summed E-state index contributed by atoms with van der Waals surface area (Å²) in [6, 6.07) is 0.857. The van der Waals surface area contributed by atoms with E-state index in [4.69, 9.17) is 16.0 Å². The van der Waals surface area contributed by atoms with E-state index in [2.05, 4.69) is 29.4 Å². The highest BCUT2D eigenvalue weighted by Crippen LogP contribution is 2.09. The summed E-state index contributed by atoms with van der Waals surface area (Å²) in [4.78, 5) is 0. The average Bonchev–Trinajstić information content (AvgIpc) is 2.53. The number of aryl methyl sites for hydroxylation is 1. The van der Waals surface area contributed by atoms with Crippen molar-refractivity contribution < 1.29 is 4.42 Å². The summed E-state index contributed by atoms with van der Waals surface area (Å²) in [5.74, 6) is 1.10. The number of hydrogen-bond donors (Lipinski definition) is 1. The standard InChI is InChI=1S/C9H16ClN3O/c1-3-4-7(2)11-9-13-12-8(14-9)5-6-10/h7H,3-6H2,1-2H3,(H,11,13). The van der Waals surface area contributed by atoms with Crippen LogP contribution in [0.3, 0.4) is 0 Å². The van der Waals surface area contributed by atoms with Gasteiger partial charge in [0.25, 0.3) is 0 Å². The number of rotatable bonds is 6. The van der Waals surface area contributed by atoms with Gasteiger partial charge in [-0.3, -0.25) is 0 Å². The van der Waals surface area contributed by atoms with Crippen LogP contribution in [-0.4, -0.2) is 22.1 Å². The summed E-state index contributed by atoms with van der Waals surface area (Å²) in [5, 5.41) is 10.9. The van der Waals surface area contributed by atoms with Crippen molar-refractivity contribution in [2.75, 3.05) is 11.2 Å². The molecule has 0 aliphatic rings. The molecule has 1 aromatic rings. The second kappa shape index (κ2) is 5.86. The Morgan fingerprint density at radius 3 is 2.93 bits per heavy atom. The third-order valence-electron chi connectivity index (χ3n) is 1.87. The van der Waals surface area contributed by atoms with Gasteiger partial charge in [-0.15, -0.1) is 16.7 Å². The zero-order chi connectivity index (χ0) is 10.4. The van der Waals surface area contributed by atoms with Crippen molar-refractivity contribution in [3.05, 3.63) is 5.89 Å². The topological polar surface area (TPSA) is 51.0 Å². The Hall–Kier alpha value is -0.770. The van der Waals surface area contributed by atoms with E-state index in [9.17, 15) is 0 Å².